The molecule has 0 heterocycles. The van der Waals surface area contributed by atoms with E-state index in [1.807, 2.05) is 43.3 Å². The van der Waals surface area contributed by atoms with Gasteiger partial charge < -0.3 is 15.3 Å². The van der Waals surface area contributed by atoms with E-state index in [0.717, 1.165) is 23.5 Å². The third kappa shape index (κ3) is 3.86. The topological polar surface area (TPSA) is 52.6 Å². The largest absolute Gasteiger partial charge is 0.395 e. The fourth-order valence-electron chi connectivity index (χ4n) is 2.36. The standard InChI is InChI=1S/C18H22N2O2/c1-3-20(11-12-21)16-9-10-17(14(2)13-16)19-18(22)15-7-5-4-6-8-15/h4-10,13,21H,3,11-12H2,1-2H3,(H,19,22). The Morgan fingerprint density at radius 1 is 1.18 bits per heavy atom. The molecule has 2 aromatic rings. The van der Waals surface area contributed by atoms with Crippen LogP contribution in [0, 0.1) is 6.92 Å². The first kappa shape index (κ1) is 16.0. The summed E-state index contributed by atoms with van der Waals surface area (Å²) in [7, 11) is 0. The van der Waals surface area contributed by atoms with Crippen molar-refractivity contribution in [2.24, 2.45) is 0 Å². The monoisotopic (exact) mass is 298 g/mol. The number of aliphatic hydroxyl groups is 1. The fourth-order valence-corrected chi connectivity index (χ4v) is 2.36. The number of nitrogens with zero attached hydrogens (tertiary/aromatic N) is 1. The Morgan fingerprint density at radius 3 is 2.50 bits per heavy atom. The van der Waals surface area contributed by atoms with Crippen LogP contribution >= 0.6 is 0 Å². The summed E-state index contributed by atoms with van der Waals surface area (Å²) in [5.74, 6) is -0.112. The molecule has 0 saturated heterocycles. The molecule has 0 unspecified atom stereocenters. The minimum Gasteiger partial charge on any atom is -0.395 e. The number of amides is 1. The maximum absolute atomic E-state index is 12.2. The molecule has 0 aliphatic carbocycles. The second-order valence-corrected chi connectivity index (χ2v) is 5.12. The Kier molecular flexibility index (Phi) is 5.55. The van der Waals surface area contributed by atoms with Crippen LogP contribution in [0.5, 0.6) is 0 Å². The van der Waals surface area contributed by atoms with E-state index in [-0.39, 0.29) is 12.5 Å². The molecule has 0 bridgehead atoms. The molecule has 22 heavy (non-hydrogen) atoms. The predicted molar refractivity (Wildman–Crippen MR) is 90.5 cm³/mol. The molecule has 0 aromatic heterocycles. The number of aliphatic hydroxyl groups excluding tert-OH is 1. The molecule has 0 atom stereocenters. The Balaban J connectivity index is 2.14. The van der Waals surface area contributed by atoms with Gasteiger partial charge >= 0.3 is 0 Å². The average Bonchev–Trinajstić information content (AvgIpc) is 2.55. The zero-order valence-electron chi connectivity index (χ0n) is 13.0. The maximum atomic E-state index is 12.2. The zero-order chi connectivity index (χ0) is 15.9. The van der Waals surface area contributed by atoms with Crippen LogP contribution in [0.3, 0.4) is 0 Å². The summed E-state index contributed by atoms with van der Waals surface area (Å²) in [6.45, 7) is 5.58. The van der Waals surface area contributed by atoms with E-state index in [0.29, 0.717) is 12.1 Å². The quantitative estimate of drug-likeness (QED) is 0.862. The molecule has 2 N–H and O–H groups in total. The lowest BCUT2D eigenvalue weighted by Gasteiger charge is -2.23. The van der Waals surface area contributed by atoms with Crippen molar-refractivity contribution in [3.05, 3.63) is 59.7 Å². The normalized spacial score (nSPS) is 10.3. The number of carbonyl (C=O) groups is 1. The number of benzene rings is 2. The Hall–Kier alpha value is -2.33. The Labute approximate surface area is 131 Å². The highest BCUT2D eigenvalue weighted by Gasteiger charge is 2.09. The molecular formula is C18H22N2O2. The number of anilines is 2. The number of likely N-dealkylation sites (N-methyl/N-ethyl adjacent to an activating group) is 1. The van der Waals surface area contributed by atoms with Gasteiger partial charge in [0.15, 0.2) is 0 Å². The first-order valence-corrected chi connectivity index (χ1v) is 7.48. The van der Waals surface area contributed by atoms with Crippen molar-refractivity contribution in [3.8, 4) is 0 Å². The Bertz CT molecular complexity index is 626. The lowest BCUT2D eigenvalue weighted by Crippen LogP contribution is -2.26. The maximum Gasteiger partial charge on any atom is 0.255 e. The molecule has 0 fully saturated rings. The van der Waals surface area contributed by atoms with Gasteiger partial charge in [-0.1, -0.05) is 18.2 Å². The Morgan fingerprint density at radius 2 is 1.91 bits per heavy atom. The summed E-state index contributed by atoms with van der Waals surface area (Å²) in [5.41, 5.74) is 3.49. The SMILES string of the molecule is CCN(CCO)c1ccc(NC(=O)c2ccccc2)c(C)c1. The van der Waals surface area contributed by atoms with E-state index in [1.165, 1.54) is 0 Å². The molecule has 0 radical (unpaired) electrons. The van der Waals surface area contributed by atoms with E-state index in [9.17, 15) is 4.79 Å². The van der Waals surface area contributed by atoms with E-state index < -0.39 is 0 Å². The van der Waals surface area contributed by atoms with Gasteiger partial charge in [-0.15, -0.1) is 0 Å². The molecular weight excluding hydrogens is 276 g/mol. The zero-order valence-corrected chi connectivity index (χ0v) is 13.0. The molecule has 0 aliphatic rings. The van der Waals surface area contributed by atoms with Crippen molar-refractivity contribution in [1.29, 1.82) is 0 Å². The number of hydrogen-bond acceptors (Lipinski definition) is 3. The molecule has 2 aromatic carbocycles. The van der Waals surface area contributed by atoms with Gasteiger partial charge in [-0.25, -0.2) is 0 Å². The van der Waals surface area contributed by atoms with Gasteiger partial charge in [-0.2, -0.15) is 0 Å². The summed E-state index contributed by atoms with van der Waals surface area (Å²) in [6.07, 6.45) is 0. The summed E-state index contributed by atoms with van der Waals surface area (Å²) >= 11 is 0. The first-order valence-electron chi connectivity index (χ1n) is 7.48. The van der Waals surface area contributed by atoms with Crippen molar-refractivity contribution in [1.82, 2.24) is 0 Å². The number of rotatable bonds is 6. The van der Waals surface area contributed by atoms with Crippen LogP contribution in [0.1, 0.15) is 22.8 Å². The van der Waals surface area contributed by atoms with Crippen LogP contribution < -0.4 is 10.2 Å². The number of carbonyl (C=O) groups excluding carboxylic acids is 1. The van der Waals surface area contributed by atoms with Gasteiger partial charge in [-0.05, 0) is 49.7 Å². The van der Waals surface area contributed by atoms with E-state index in [1.54, 1.807) is 12.1 Å². The van der Waals surface area contributed by atoms with E-state index in [2.05, 4.69) is 17.1 Å². The highest BCUT2D eigenvalue weighted by molar-refractivity contribution is 6.04. The van der Waals surface area contributed by atoms with Gasteiger partial charge in [-0.3, -0.25) is 4.79 Å². The average molecular weight is 298 g/mol. The second kappa shape index (κ2) is 7.61. The van der Waals surface area contributed by atoms with Crippen LogP contribution in [-0.4, -0.2) is 30.7 Å². The minimum atomic E-state index is -0.112. The second-order valence-electron chi connectivity index (χ2n) is 5.12. The van der Waals surface area contributed by atoms with Gasteiger partial charge in [0.1, 0.15) is 0 Å². The van der Waals surface area contributed by atoms with Gasteiger partial charge in [0, 0.05) is 30.0 Å². The molecule has 2 rings (SSSR count). The molecule has 116 valence electrons. The van der Waals surface area contributed by atoms with Crippen molar-refractivity contribution in [2.75, 3.05) is 29.9 Å². The number of aryl methyl sites for hydroxylation is 1. The molecule has 4 heteroatoms. The van der Waals surface area contributed by atoms with Crippen LogP contribution in [0.25, 0.3) is 0 Å². The summed E-state index contributed by atoms with van der Waals surface area (Å²) in [4.78, 5) is 14.3. The van der Waals surface area contributed by atoms with Crippen molar-refractivity contribution in [2.45, 2.75) is 13.8 Å². The molecule has 0 saturated carbocycles. The molecule has 4 nitrogen and oxygen atoms in total. The van der Waals surface area contributed by atoms with Crippen molar-refractivity contribution in [3.63, 3.8) is 0 Å². The van der Waals surface area contributed by atoms with Gasteiger partial charge in [0.05, 0.1) is 6.61 Å². The molecule has 1 amide bonds. The molecule has 0 spiro atoms. The van der Waals surface area contributed by atoms with E-state index in [4.69, 9.17) is 5.11 Å². The smallest absolute Gasteiger partial charge is 0.255 e. The predicted octanol–water partition coefficient (Wildman–Crippen LogP) is 3.07. The van der Waals surface area contributed by atoms with Gasteiger partial charge in [0.2, 0.25) is 0 Å². The first-order chi connectivity index (χ1) is 10.7. The summed E-state index contributed by atoms with van der Waals surface area (Å²) < 4.78 is 0. The summed E-state index contributed by atoms with van der Waals surface area (Å²) in [5, 5.41) is 12.0. The third-order valence-electron chi connectivity index (χ3n) is 3.61. The lowest BCUT2D eigenvalue weighted by molar-refractivity contribution is 0.102. The minimum absolute atomic E-state index is 0.112. The van der Waals surface area contributed by atoms with Crippen LogP contribution in [-0.2, 0) is 0 Å². The van der Waals surface area contributed by atoms with Crippen LogP contribution in [0.15, 0.2) is 48.5 Å². The van der Waals surface area contributed by atoms with E-state index >= 15 is 0 Å². The lowest BCUT2D eigenvalue weighted by atomic mass is 10.1. The van der Waals surface area contributed by atoms with Crippen LogP contribution in [0.2, 0.25) is 0 Å². The van der Waals surface area contributed by atoms with Crippen molar-refractivity contribution < 1.29 is 9.90 Å². The summed E-state index contributed by atoms with van der Waals surface area (Å²) in [6, 6.07) is 15.1. The number of nitrogens with one attached hydrogen (secondary N) is 1. The highest BCUT2D eigenvalue weighted by atomic mass is 16.3. The number of hydrogen-bond donors (Lipinski definition) is 2. The van der Waals surface area contributed by atoms with Crippen LogP contribution in [0.4, 0.5) is 11.4 Å². The molecule has 0 aliphatic heterocycles. The van der Waals surface area contributed by atoms with Gasteiger partial charge in [0.25, 0.3) is 5.91 Å². The fraction of sp³-hybridized carbons (Fsp3) is 0.278. The third-order valence-corrected chi connectivity index (χ3v) is 3.61. The highest BCUT2D eigenvalue weighted by Crippen LogP contribution is 2.23. The van der Waals surface area contributed by atoms with Crippen molar-refractivity contribution >= 4 is 17.3 Å².